The summed E-state index contributed by atoms with van der Waals surface area (Å²) in [5.74, 6) is 0.901. The smallest absolute Gasteiger partial charge is 0.317 e. The number of likely N-dealkylation sites (N-methyl/N-ethyl adjacent to an activating group) is 1. The standard InChI is InChI=1S/C21H34N2O3/c1-5-23(15-20-7-6-14-25-20)21(24)22-17(4)8-9-18-10-12-19(13-11-18)26-16(2)3/h10-13,16-17,20H,5-9,14-15H2,1-4H3,(H,22,24). The van der Waals surface area contributed by atoms with Crippen LogP contribution in [0.1, 0.15) is 52.5 Å². The Balaban J connectivity index is 1.74. The summed E-state index contributed by atoms with van der Waals surface area (Å²) >= 11 is 0. The van der Waals surface area contributed by atoms with Gasteiger partial charge in [-0.2, -0.15) is 0 Å². The number of carbonyl (C=O) groups is 1. The fourth-order valence-electron chi connectivity index (χ4n) is 3.15. The van der Waals surface area contributed by atoms with Crippen molar-refractivity contribution in [3.8, 4) is 5.75 Å². The summed E-state index contributed by atoms with van der Waals surface area (Å²) in [6.07, 6.45) is 4.38. The van der Waals surface area contributed by atoms with E-state index in [4.69, 9.17) is 9.47 Å². The maximum Gasteiger partial charge on any atom is 0.317 e. The van der Waals surface area contributed by atoms with Crippen molar-refractivity contribution in [3.05, 3.63) is 29.8 Å². The Labute approximate surface area is 158 Å². The van der Waals surface area contributed by atoms with E-state index in [-0.39, 0.29) is 24.3 Å². The molecule has 1 aromatic carbocycles. The van der Waals surface area contributed by atoms with Gasteiger partial charge in [0.25, 0.3) is 0 Å². The second kappa shape index (κ2) is 10.4. The summed E-state index contributed by atoms with van der Waals surface area (Å²) in [6, 6.07) is 8.37. The number of amides is 2. The molecular formula is C21H34N2O3. The average molecular weight is 363 g/mol. The van der Waals surface area contributed by atoms with Gasteiger partial charge in [-0.15, -0.1) is 0 Å². The van der Waals surface area contributed by atoms with Gasteiger partial charge in [0.1, 0.15) is 5.75 Å². The number of benzene rings is 1. The Kier molecular flexibility index (Phi) is 8.23. The van der Waals surface area contributed by atoms with Crippen molar-refractivity contribution in [3.63, 3.8) is 0 Å². The van der Waals surface area contributed by atoms with Crippen LogP contribution in [-0.4, -0.2) is 48.9 Å². The molecule has 146 valence electrons. The van der Waals surface area contributed by atoms with Crippen LogP contribution in [0.4, 0.5) is 4.79 Å². The van der Waals surface area contributed by atoms with Crippen LogP contribution in [-0.2, 0) is 11.2 Å². The van der Waals surface area contributed by atoms with Gasteiger partial charge in [0.2, 0.25) is 0 Å². The van der Waals surface area contributed by atoms with Crippen LogP contribution < -0.4 is 10.1 Å². The maximum absolute atomic E-state index is 12.5. The molecule has 0 aromatic heterocycles. The molecular weight excluding hydrogens is 328 g/mol. The van der Waals surface area contributed by atoms with E-state index in [1.54, 1.807) is 0 Å². The van der Waals surface area contributed by atoms with E-state index in [2.05, 4.69) is 24.4 Å². The number of rotatable bonds is 9. The molecule has 0 aliphatic carbocycles. The highest BCUT2D eigenvalue weighted by atomic mass is 16.5. The maximum atomic E-state index is 12.5. The van der Waals surface area contributed by atoms with Crippen molar-refractivity contribution < 1.29 is 14.3 Å². The third-order valence-corrected chi connectivity index (χ3v) is 4.65. The third kappa shape index (κ3) is 6.87. The molecule has 1 fully saturated rings. The van der Waals surface area contributed by atoms with Crippen LogP contribution >= 0.6 is 0 Å². The highest BCUT2D eigenvalue weighted by Gasteiger charge is 2.22. The monoisotopic (exact) mass is 362 g/mol. The molecule has 5 heteroatoms. The number of nitrogens with zero attached hydrogens (tertiary/aromatic N) is 1. The summed E-state index contributed by atoms with van der Waals surface area (Å²) in [7, 11) is 0. The van der Waals surface area contributed by atoms with E-state index < -0.39 is 0 Å². The van der Waals surface area contributed by atoms with Gasteiger partial charge in [-0.3, -0.25) is 0 Å². The summed E-state index contributed by atoms with van der Waals surface area (Å²) in [6.45, 7) is 10.3. The van der Waals surface area contributed by atoms with Crippen LogP contribution in [0.15, 0.2) is 24.3 Å². The van der Waals surface area contributed by atoms with Crippen LogP contribution in [0, 0.1) is 0 Å². The van der Waals surface area contributed by atoms with Crippen molar-refractivity contribution in [2.75, 3.05) is 19.7 Å². The fraction of sp³-hybridized carbons (Fsp3) is 0.667. The number of aryl methyl sites for hydroxylation is 1. The lowest BCUT2D eigenvalue weighted by Crippen LogP contribution is -2.46. The lowest BCUT2D eigenvalue weighted by molar-refractivity contribution is 0.0821. The Morgan fingerprint density at radius 2 is 2.04 bits per heavy atom. The lowest BCUT2D eigenvalue weighted by atomic mass is 10.1. The van der Waals surface area contributed by atoms with Crippen LogP contribution in [0.5, 0.6) is 5.75 Å². The van der Waals surface area contributed by atoms with Crippen molar-refractivity contribution in [2.24, 2.45) is 0 Å². The molecule has 0 saturated carbocycles. The minimum Gasteiger partial charge on any atom is -0.491 e. The van der Waals surface area contributed by atoms with Gasteiger partial charge in [-0.25, -0.2) is 4.79 Å². The second-order valence-corrected chi connectivity index (χ2v) is 7.37. The minimum atomic E-state index is 0.0104. The number of urea groups is 1. The average Bonchev–Trinajstić information content (AvgIpc) is 3.11. The zero-order valence-corrected chi connectivity index (χ0v) is 16.7. The van der Waals surface area contributed by atoms with Crippen LogP contribution in [0.3, 0.4) is 0 Å². The molecule has 2 amide bonds. The molecule has 1 saturated heterocycles. The first-order valence-electron chi connectivity index (χ1n) is 9.90. The van der Waals surface area contributed by atoms with E-state index >= 15 is 0 Å². The van der Waals surface area contributed by atoms with Gasteiger partial charge in [0.05, 0.1) is 12.2 Å². The first kappa shape index (κ1) is 20.6. The second-order valence-electron chi connectivity index (χ2n) is 7.37. The summed E-state index contributed by atoms with van der Waals surface area (Å²) < 4.78 is 11.3. The fourth-order valence-corrected chi connectivity index (χ4v) is 3.15. The van der Waals surface area contributed by atoms with Crippen LogP contribution in [0.25, 0.3) is 0 Å². The highest BCUT2D eigenvalue weighted by Crippen LogP contribution is 2.16. The number of ether oxygens (including phenoxy) is 2. The molecule has 1 heterocycles. The molecule has 1 aliphatic heterocycles. The van der Waals surface area contributed by atoms with E-state index in [9.17, 15) is 4.79 Å². The Hall–Kier alpha value is -1.75. The molecule has 1 aliphatic rings. The van der Waals surface area contributed by atoms with Crippen molar-refractivity contribution in [1.82, 2.24) is 10.2 Å². The normalized spacial score (nSPS) is 18.0. The molecule has 2 atom stereocenters. The SMILES string of the molecule is CCN(CC1CCCO1)C(=O)NC(C)CCc1ccc(OC(C)C)cc1. The molecule has 2 unspecified atom stereocenters. The molecule has 0 spiro atoms. The molecule has 0 bridgehead atoms. The molecule has 5 nitrogen and oxygen atoms in total. The quantitative estimate of drug-likeness (QED) is 0.722. The molecule has 0 radical (unpaired) electrons. The molecule has 1 N–H and O–H groups in total. The number of hydrogen-bond donors (Lipinski definition) is 1. The predicted molar refractivity (Wildman–Crippen MR) is 105 cm³/mol. The predicted octanol–water partition coefficient (Wildman–Crippen LogP) is 4.01. The first-order chi connectivity index (χ1) is 12.5. The Morgan fingerprint density at radius 1 is 1.31 bits per heavy atom. The van der Waals surface area contributed by atoms with E-state index in [0.717, 1.165) is 38.0 Å². The molecule has 1 aromatic rings. The van der Waals surface area contributed by atoms with Crippen molar-refractivity contribution in [1.29, 1.82) is 0 Å². The summed E-state index contributed by atoms with van der Waals surface area (Å²) in [4.78, 5) is 14.3. The zero-order valence-electron chi connectivity index (χ0n) is 16.7. The van der Waals surface area contributed by atoms with Gasteiger partial charge >= 0.3 is 6.03 Å². The largest absolute Gasteiger partial charge is 0.491 e. The van der Waals surface area contributed by atoms with E-state index in [1.807, 2.05) is 37.8 Å². The Bertz CT molecular complexity index is 539. The van der Waals surface area contributed by atoms with Gasteiger partial charge in [0, 0.05) is 25.7 Å². The van der Waals surface area contributed by atoms with Crippen molar-refractivity contribution >= 4 is 6.03 Å². The first-order valence-corrected chi connectivity index (χ1v) is 9.90. The Morgan fingerprint density at radius 3 is 2.62 bits per heavy atom. The van der Waals surface area contributed by atoms with E-state index in [1.165, 1.54) is 5.56 Å². The molecule has 26 heavy (non-hydrogen) atoms. The topological polar surface area (TPSA) is 50.8 Å². The van der Waals surface area contributed by atoms with E-state index in [0.29, 0.717) is 13.1 Å². The number of nitrogens with one attached hydrogen (secondary N) is 1. The summed E-state index contributed by atoms with van der Waals surface area (Å²) in [5, 5.41) is 3.12. The van der Waals surface area contributed by atoms with Gasteiger partial charge < -0.3 is 19.7 Å². The van der Waals surface area contributed by atoms with Gasteiger partial charge in [-0.05, 0) is 71.1 Å². The van der Waals surface area contributed by atoms with Gasteiger partial charge in [0.15, 0.2) is 0 Å². The molecule has 2 rings (SSSR count). The number of carbonyl (C=O) groups excluding carboxylic acids is 1. The lowest BCUT2D eigenvalue weighted by Gasteiger charge is -2.26. The number of hydrogen-bond acceptors (Lipinski definition) is 3. The highest BCUT2D eigenvalue weighted by molar-refractivity contribution is 5.74. The summed E-state index contributed by atoms with van der Waals surface area (Å²) in [5.41, 5.74) is 1.26. The van der Waals surface area contributed by atoms with Crippen molar-refractivity contribution in [2.45, 2.75) is 71.6 Å². The zero-order chi connectivity index (χ0) is 18.9. The van der Waals surface area contributed by atoms with Crippen LogP contribution in [0.2, 0.25) is 0 Å². The third-order valence-electron chi connectivity index (χ3n) is 4.65. The van der Waals surface area contributed by atoms with Gasteiger partial charge in [-0.1, -0.05) is 12.1 Å². The minimum absolute atomic E-state index is 0.0104.